The first kappa shape index (κ1) is 26.3. The number of nitrogens with one attached hydrogen (secondary N) is 2. The molecule has 0 bridgehead atoms. The minimum atomic E-state index is -4.02. The first-order valence-electron chi connectivity index (χ1n) is 11.1. The Labute approximate surface area is 218 Å². The Morgan fingerprint density at radius 3 is 2.28 bits per heavy atom. The van der Waals surface area contributed by atoms with E-state index >= 15 is 0 Å². The molecule has 0 amide bonds. The van der Waals surface area contributed by atoms with E-state index in [1.807, 2.05) is 0 Å². The molecule has 1 aliphatic rings. The number of aromatic nitrogens is 2. The summed E-state index contributed by atoms with van der Waals surface area (Å²) in [7, 11) is -1.29. The topological polar surface area (TPSA) is 132 Å². The normalized spacial score (nSPS) is 14.2. The number of anilines is 3. The molecule has 0 saturated carbocycles. The lowest BCUT2D eigenvalue weighted by Gasteiger charge is -2.31. The number of nitrogens with zero attached hydrogens (tertiary/aromatic N) is 5. The maximum atomic E-state index is 12.8. The molecule has 0 unspecified atom stereocenters. The average Bonchev–Trinajstić information content (AvgIpc) is 3.41. The van der Waals surface area contributed by atoms with Gasteiger partial charge in [0.15, 0.2) is 28.4 Å². The lowest BCUT2D eigenvalue weighted by molar-refractivity contribution is 0.350. The van der Waals surface area contributed by atoms with Gasteiger partial charge in [0.2, 0.25) is 10.0 Å². The minimum absolute atomic E-state index is 0.0974. The van der Waals surface area contributed by atoms with Crippen molar-refractivity contribution in [2.24, 2.45) is 15.4 Å². The number of hydrogen-bond donors (Lipinski definition) is 3. The van der Waals surface area contributed by atoms with Gasteiger partial charge in [-0.3, -0.25) is 0 Å². The van der Waals surface area contributed by atoms with E-state index in [1.54, 1.807) is 11.3 Å². The standard InChI is InChI=1S/C23H28ClN7O3S2/c1-12-7-10-15(35-12)18(23(2,3)4)28-22-21(29-19-20(30-22)26-11-25-19)27-14-9-8-13(24)17(16(14)32)36(33,34)31(5)6/h7-10,18,32H,11H2,1-6H3,(H,25,27,29)(H,26,28,30)/t18-/m0/s1. The molecular formula is C23H28ClN7O3S2. The fraction of sp³-hybridized carbons (Fsp3) is 0.391. The highest BCUT2D eigenvalue weighted by Crippen LogP contribution is 2.42. The maximum absolute atomic E-state index is 12.8. The van der Waals surface area contributed by atoms with Crippen LogP contribution in [-0.2, 0) is 10.0 Å². The summed E-state index contributed by atoms with van der Waals surface area (Å²) in [5.74, 6) is 0.141. The zero-order valence-corrected chi connectivity index (χ0v) is 23.2. The van der Waals surface area contributed by atoms with Gasteiger partial charge in [0.25, 0.3) is 0 Å². The Morgan fingerprint density at radius 1 is 1.08 bits per heavy atom. The van der Waals surface area contributed by atoms with Crippen molar-refractivity contribution in [2.75, 3.05) is 31.4 Å². The summed E-state index contributed by atoms with van der Waals surface area (Å²) in [6, 6.07) is 6.92. The summed E-state index contributed by atoms with van der Waals surface area (Å²) >= 11 is 7.86. The Hall–Kier alpha value is -2.80. The Kier molecular flexibility index (Phi) is 6.99. The summed E-state index contributed by atoms with van der Waals surface area (Å²) in [6.07, 6.45) is 0. The number of fused-ring (bicyclic) bond motifs is 1. The van der Waals surface area contributed by atoms with Crippen molar-refractivity contribution in [2.45, 2.75) is 38.6 Å². The van der Waals surface area contributed by atoms with Crippen molar-refractivity contribution < 1.29 is 13.5 Å². The lowest BCUT2D eigenvalue weighted by atomic mass is 9.86. The summed E-state index contributed by atoms with van der Waals surface area (Å²) in [6.45, 7) is 8.64. The van der Waals surface area contributed by atoms with E-state index in [2.05, 4.69) is 70.4 Å². The van der Waals surface area contributed by atoms with Gasteiger partial charge in [-0.15, -0.1) is 11.3 Å². The highest BCUT2D eigenvalue weighted by atomic mass is 35.5. The van der Waals surface area contributed by atoms with Gasteiger partial charge >= 0.3 is 0 Å². The van der Waals surface area contributed by atoms with Gasteiger partial charge in [0.1, 0.15) is 11.6 Å². The molecule has 3 N–H and O–H groups in total. The van der Waals surface area contributed by atoms with E-state index < -0.39 is 20.7 Å². The predicted octanol–water partition coefficient (Wildman–Crippen LogP) is 3.61. The molecule has 1 atom stereocenters. The largest absolute Gasteiger partial charge is 0.504 e. The summed E-state index contributed by atoms with van der Waals surface area (Å²) in [4.78, 5) is 19.7. The van der Waals surface area contributed by atoms with E-state index in [0.29, 0.717) is 16.8 Å². The Balaban J connectivity index is 1.82. The number of phenolic OH excluding ortho intramolecular Hbond substituents is 1. The van der Waals surface area contributed by atoms with E-state index in [-0.39, 0.29) is 34.7 Å². The van der Waals surface area contributed by atoms with E-state index in [4.69, 9.17) is 11.6 Å². The summed E-state index contributed by atoms with van der Waals surface area (Å²) in [5.41, 5.74) is 0.684. The number of sulfonamides is 1. The molecule has 3 heterocycles. The van der Waals surface area contributed by atoms with Gasteiger partial charge < -0.3 is 15.7 Å². The Morgan fingerprint density at radius 2 is 1.72 bits per heavy atom. The molecule has 36 heavy (non-hydrogen) atoms. The molecule has 4 rings (SSSR count). The molecule has 13 heteroatoms. The third-order valence-electron chi connectivity index (χ3n) is 5.57. The quantitative estimate of drug-likeness (QED) is 0.383. The third-order valence-corrected chi connectivity index (χ3v) is 8.95. The molecule has 1 aromatic carbocycles. The zero-order valence-electron chi connectivity index (χ0n) is 20.8. The van der Waals surface area contributed by atoms with Crippen molar-refractivity contribution >= 4 is 50.3 Å². The first-order valence-corrected chi connectivity index (χ1v) is 13.7. The van der Waals surface area contributed by atoms with Gasteiger partial charge in [-0.25, -0.2) is 32.7 Å². The van der Waals surface area contributed by atoms with Crippen molar-refractivity contribution in [3.63, 3.8) is 0 Å². The smallest absolute Gasteiger partial charge is 0.247 e. The lowest BCUT2D eigenvalue weighted by Crippen LogP contribution is -2.33. The number of rotatable bonds is 7. The van der Waals surface area contributed by atoms with Crippen LogP contribution in [0.5, 0.6) is 5.75 Å². The molecule has 0 saturated heterocycles. The van der Waals surface area contributed by atoms with E-state index in [9.17, 15) is 13.5 Å². The van der Waals surface area contributed by atoms with Gasteiger partial charge in [-0.1, -0.05) is 32.4 Å². The molecular weight excluding hydrogens is 522 g/mol. The SMILES string of the molecule is Cc1ccc([C@H](Nc2nc3c(nc2Nc2ccc(Cl)c(S(=O)(=O)N(C)C)c2O)=NCN=3)C(C)(C)C)s1. The maximum Gasteiger partial charge on any atom is 0.247 e. The second-order valence-electron chi connectivity index (χ2n) is 9.60. The number of hydrogen-bond acceptors (Lipinski definition) is 10. The van der Waals surface area contributed by atoms with Crippen LogP contribution in [0.3, 0.4) is 0 Å². The van der Waals surface area contributed by atoms with Crippen LogP contribution in [0.2, 0.25) is 5.02 Å². The second-order valence-corrected chi connectivity index (χ2v) is 13.4. The summed E-state index contributed by atoms with van der Waals surface area (Å²) in [5, 5.41) is 17.4. The molecule has 1 aliphatic heterocycles. The highest BCUT2D eigenvalue weighted by molar-refractivity contribution is 7.89. The van der Waals surface area contributed by atoms with Crippen LogP contribution in [0.1, 0.15) is 36.6 Å². The first-order chi connectivity index (χ1) is 16.8. The molecule has 192 valence electrons. The molecule has 10 nitrogen and oxygen atoms in total. The van der Waals surface area contributed by atoms with Crippen molar-refractivity contribution in [1.82, 2.24) is 14.3 Å². The minimum Gasteiger partial charge on any atom is -0.504 e. The summed E-state index contributed by atoms with van der Waals surface area (Å²) < 4.78 is 26.6. The monoisotopic (exact) mass is 549 g/mol. The van der Waals surface area contributed by atoms with Crippen molar-refractivity contribution in [1.29, 1.82) is 0 Å². The number of thiophene rings is 1. The van der Waals surface area contributed by atoms with Crippen molar-refractivity contribution in [3.05, 3.63) is 50.0 Å². The predicted molar refractivity (Wildman–Crippen MR) is 141 cm³/mol. The molecule has 2 aromatic heterocycles. The molecule has 0 radical (unpaired) electrons. The van der Waals surface area contributed by atoms with Crippen LogP contribution in [0, 0.1) is 12.3 Å². The third kappa shape index (κ3) is 5.03. The van der Waals surface area contributed by atoms with Gasteiger partial charge in [-0.2, -0.15) is 0 Å². The zero-order chi connectivity index (χ0) is 26.4. The van der Waals surface area contributed by atoms with Crippen LogP contribution in [0.25, 0.3) is 0 Å². The molecule has 3 aromatic rings. The molecule has 0 spiro atoms. The van der Waals surface area contributed by atoms with Crippen LogP contribution in [0.4, 0.5) is 17.3 Å². The average molecular weight is 550 g/mol. The van der Waals surface area contributed by atoms with Gasteiger partial charge in [0, 0.05) is 23.8 Å². The fourth-order valence-electron chi connectivity index (χ4n) is 3.65. The van der Waals surface area contributed by atoms with Gasteiger partial charge in [0.05, 0.1) is 16.8 Å². The van der Waals surface area contributed by atoms with Crippen LogP contribution in [0.15, 0.2) is 39.1 Å². The van der Waals surface area contributed by atoms with E-state index in [0.717, 1.165) is 9.18 Å². The highest BCUT2D eigenvalue weighted by Gasteiger charge is 2.30. The molecule has 0 aliphatic carbocycles. The number of benzene rings is 1. The fourth-order valence-corrected chi connectivity index (χ4v) is 6.30. The second kappa shape index (κ2) is 9.58. The number of aryl methyl sites for hydroxylation is 1. The Bertz CT molecular complexity index is 1550. The van der Waals surface area contributed by atoms with Crippen LogP contribution in [-0.4, -0.2) is 48.6 Å². The van der Waals surface area contributed by atoms with Crippen LogP contribution < -0.4 is 21.6 Å². The van der Waals surface area contributed by atoms with Gasteiger partial charge in [-0.05, 0) is 36.6 Å². The van der Waals surface area contributed by atoms with E-state index in [1.165, 1.54) is 31.1 Å². The number of halogens is 1. The number of aromatic hydroxyl groups is 1. The van der Waals surface area contributed by atoms with Crippen molar-refractivity contribution in [3.8, 4) is 5.75 Å². The van der Waals surface area contributed by atoms with Crippen LogP contribution >= 0.6 is 22.9 Å². The molecule has 0 fully saturated rings. The number of phenols is 1.